The van der Waals surface area contributed by atoms with Crippen molar-refractivity contribution < 1.29 is 39.4 Å². The first-order chi connectivity index (χ1) is 8.56. The number of aliphatic hydroxyl groups is 3. The Morgan fingerprint density at radius 1 is 1.33 bits per heavy atom. The Kier molecular flexibility index (Phi) is 6.19. The van der Waals surface area contributed by atoms with Crippen LogP contribution in [0.5, 0.6) is 0 Å². The van der Waals surface area contributed by atoms with Gasteiger partial charge in [-0.2, -0.15) is 0 Å². The molecule has 8 heteroatoms. The molecule has 0 bridgehead atoms. The summed E-state index contributed by atoms with van der Waals surface area (Å²) in [6, 6.07) is 0. The first kappa shape index (κ1) is 15.0. The SMILES string of the molecule is C=CC(=O)OCCOOC1OC[C@@H](O)C(O)C1O. The van der Waals surface area contributed by atoms with Crippen molar-refractivity contribution in [1.82, 2.24) is 0 Å². The van der Waals surface area contributed by atoms with Crippen LogP contribution in [-0.2, 0) is 24.0 Å². The summed E-state index contributed by atoms with van der Waals surface area (Å²) in [7, 11) is 0. The third kappa shape index (κ3) is 4.33. The van der Waals surface area contributed by atoms with E-state index < -0.39 is 30.6 Å². The zero-order valence-corrected chi connectivity index (χ0v) is 9.60. The van der Waals surface area contributed by atoms with Gasteiger partial charge in [-0.15, -0.1) is 0 Å². The second kappa shape index (κ2) is 7.41. The summed E-state index contributed by atoms with van der Waals surface area (Å²) in [5, 5.41) is 27.9. The summed E-state index contributed by atoms with van der Waals surface area (Å²) in [5.41, 5.74) is 0. The molecule has 1 aliphatic rings. The third-order valence-electron chi connectivity index (χ3n) is 2.19. The van der Waals surface area contributed by atoms with E-state index >= 15 is 0 Å². The third-order valence-corrected chi connectivity index (χ3v) is 2.19. The Morgan fingerprint density at radius 3 is 2.72 bits per heavy atom. The van der Waals surface area contributed by atoms with E-state index in [0.717, 1.165) is 6.08 Å². The standard InChI is InChI=1S/C10H16O8/c1-2-7(12)15-3-4-17-18-10-9(14)8(13)6(11)5-16-10/h2,6,8-11,13-14H,1,3-5H2/t6-,8?,9?,10?/m1/s1. The number of esters is 1. The average Bonchev–Trinajstić information content (AvgIpc) is 2.37. The average molecular weight is 264 g/mol. The molecule has 1 saturated heterocycles. The number of rotatable bonds is 6. The molecule has 0 amide bonds. The van der Waals surface area contributed by atoms with Gasteiger partial charge >= 0.3 is 5.97 Å². The maximum atomic E-state index is 10.6. The number of hydrogen-bond acceptors (Lipinski definition) is 8. The summed E-state index contributed by atoms with van der Waals surface area (Å²) in [6.07, 6.45) is -4.17. The van der Waals surface area contributed by atoms with Crippen LogP contribution in [0.2, 0.25) is 0 Å². The van der Waals surface area contributed by atoms with E-state index in [4.69, 9.17) is 9.84 Å². The van der Waals surface area contributed by atoms with E-state index in [-0.39, 0.29) is 19.8 Å². The molecule has 18 heavy (non-hydrogen) atoms. The maximum absolute atomic E-state index is 10.6. The van der Waals surface area contributed by atoms with Crippen molar-refractivity contribution in [2.45, 2.75) is 24.6 Å². The smallest absolute Gasteiger partial charge is 0.330 e. The van der Waals surface area contributed by atoms with Gasteiger partial charge in [-0.3, -0.25) is 0 Å². The molecule has 1 fully saturated rings. The summed E-state index contributed by atoms with van der Waals surface area (Å²) >= 11 is 0. The summed E-state index contributed by atoms with van der Waals surface area (Å²) < 4.78 is 9.48. The van der Waals surface area contributed by atoms with E-state index in [9.17, 15) is 15.0 Å². The highest BCUT2D eigenvalue weighted by atomic mass is 17.2. The van der Waals surface area contributed by atoms with E-state index in [2.05, 4.69) is 21.1 Å². The van der Waals surface area contributed by atoms with Gasteiger partial charge in [-0.1, -0.05) is 6.58 Å². The maximum Gasteiger partial charge on any atom is 0.330 e. The lowest BCUT2D eigenvalue weighted by Gasteiger charge is -2.33. The van der Waals surface area contributed by atoms with Crippen LogP contribution in [0.1, 0.15) is 0 Å². The monoisotopic (exact) mass is 264 g/mol. The molecule has 1 aliphatic heterocycles. The molecule has 1 rings (SSSR count). The molecule has 0 spiro atoms. The highest BCUT2D eigenvalue weighted by Crippen LogP contribution is 2.16. The second-order valence-corrected chi connectivity index (χ2v) is 3.54. The van der Waals surface area contributed by atoms with Crippen molar-refractivity contribution in [3.8, 4) is 0 Å². The Balaban J connectivity index is 2.15. The number of ether oxygens (including phenoxy) is 2. The van der Waals surface area contributed by atoms with Gasteiger partial charge in [0, 0.05) is 6.08 Å². The van der Waals surface area contributed by atoms with Crippen molar-refractivity contribution >= 4 is 5.97 Å². The minimum absolute atomic E-state index is 0.0567. The summed E-state index contributed by atoms with van der Waals surface area (Å²) in [5.74, 6) is -0.592. The Morgan fingerprint density at radius 2 is 2.06 bits per heavy atom. The van der Waals surface area contributed by atoms with Gasteiger partial charge in [0.05, 0.1) is 6.61 Å². The second-order valence-electron chi connectivity index (χ2n) is 3.54. The molecule has 3 N–H and O–H groups in total. The fourth-order valence-corrected chi connectivity index (χ4v) is 1.21. The van der Waals surface area contributed by atoms with Crippen LogP contribution in [0, 0.1) is 0 Å². The van der Waals surface area contributed by atoms with Crippen molar-refractivity contribution in [2.75, 3.05) is 19.8 Å². The van der Waals surface area contributed by atoms with Gasteiger partial charge in [-0.05, 0) is 0 Å². The molecule has 0 aromatic rings. The van der Waals surface area contributed by atoms with E-state index in [0.29, 0.717) is 0 Å². The van der Waals surface area contributed by atoms with Gasteiger partial charge in [0.15, 0.2) is 0 Å². The lowest BCUT2D eigenvalue weighted by atomic mass is 10.1. The van der Waals surface area contributed by atoms with Crippen LogP contribution >= 0.6 is 0 Å². The lowest BCUT2D eigenvalue weighted by Crippen LogP contribution is -2.53. The minimum Gasteiger partial charge on any atom is -0.460 e. The number of aliphatic hydroxyl groups excluding tert-OH is 3. The molecule has 0 aromatic heterocycles. The predicted octanol–water partition coefficient (Wildman–Crippen LogP) is -1.90. The lowest BCUT2D eigenvalue weighted by molar-refractivity contribution is -0.415. The van der Waals surface area contributed by atoms with Crippen molar-refractivity contribution in [3.63, 3.8) is 0 Å². The van der Waals surface area contributed by atoms with Crippen LogP contribution < -0.4 is 0 Å². The molecular weight excluding hydrogens is 248 g/mol. The largest absolute Gasteiger partial charge is 0.460 e. The van der Waals surface area contributed by atoms with Crippen LogP contribution in [0.15, 0.2) is 12.7 Å². The van der Waals surface area contributed by atoms with Gasteiger partial charge in [0.1, 0.15) is 31.5 Å². The summed E-state index contributed by atoms with van der Waals surface area (Å²) in [6.45, 7) is 2.89. The number of carbonyl (C=O) groups is 1. The molecule has 3 unspecified atom stereocenters. The van der Waals surface area contributed by atoms with Gasteiger partial charge < -0.3 is 24.8 Å². The Hall–Kier alpha value is -1.03. The highest BCUT2D eigenvalue weighted by molar-refractivity contribution is 5.81. The highest BCUT2D eigenvalue weighted by Gasteiger charge is 2.38. The molecule has 4 atom stereocenters. The van der Waals surface area contributed by atoms with E-state index in [1.54, 1.807) is 0 Å². The van der Waals surface area contributed by atoms with Crippen LogP contribution in [0.25, 0.3) is 0 Å². The molecule has 0 aliphatic carbocycles. The first-order valence-electron chi connectivity index (χ1n) is 5.29. The topological polar surface area (TPSA) is 115 Å². The normalized spacial score (nSPS) is 31.9. The van der Waals surface area contributed by atoms with Gasteiger partial charge in [0.25, 0.3) is 0 Å². The Bertz CT molecular complexity index is 281. The molecule has 8 nitrogen and oxygen atoms in total. The first-order valence-corrected chi connectivity index (χ1v) is 5.29. The van der Waals surface area contributed by atoms with Gasteiger partial charge in [0.2, 0.25) is 6.29 Å². The van der Waals surface area contributed by atoms with E-state index in [1.807, 2.05) is 0 Å². The summed E-state index contributed by atoms with van der Waals surface area (Å²) in [4.78, 5) is 19.9. The number of hydrogen-bond donors (Lipinski definition) is 3. The fourth-order valence-electron chi connectivity index (χ4n) is 1.21. The van der Waals surface area contributed by atoms with Crippen LogP contribution in [0.4, 0.5) is 0 Å². The Labute approximate surface area is 103 Å². The zero-order valence-electron chi connectivity index (χ0n) is 9.60. The van der Waals surface area contributed by atoms with Crippen LogP contribution in [-0.4, -0.2) is 65.7 Å². The van der Waals surface area contributed by atoms with Crippen molar-refractivity contribution in [2.24, 2.45) is 0 Å². The predicted molar refractivity (Wildman–Crippen MR) is 56.0 cm³/mol. The minimum atomic E-state index is -1.43. The molecule has 0 radical (unpaired) electrons. The van der Waals surface area contributed by atoms with E-state index in [1.165, 1.54) is 0 Å². The molecule has 1 heterocycles. The zero-order chi connectivity index (χ0) is 13.5. The fraction of sp³-hybridized carbons (Fsp3) is 0.700. The molecule has 0 aromatic carbocycles. The number of carbonyl (C=O) groups excluding carboxylic acids is 1. The molecule has 104 valence electrons. The quantitative estimate of drug-likeness (QED) is 0.168. The van der Waals surface area contributed by atoms with Crippen molar-refractivity contribution in [3.05, 3.63) is 12.7 Å². The molecule has 0 saturated carbocycles. The molecular formula is C10H16O8. The van der Waals surface area contributed by atoms with Gasteiger partial charge in [-0.25, -0.2) is 14.6 Å². The van der Waals surface area contributed by atoms with Crippen molar-refractivity contribution in [1.29, 1.82) is 0 Å². The van der Waals surface area contributed by atoms with Crippen LogP contribution in [0.3, 0.4) is 0 Å².